The fraction of sp³-hybridized carbons (Fsp3) is 0.353. The van der Waals surface area contributed by atoms with Crippen molar-refractivity contribution in [3.05, 3.63) is 58.5 Å². The lowest BCUT2D eigenvalue weighted by Crippen LogP contribution is -2.37. The van der Waals surface area contributed by atoms with Crippen LogP contribution in [0.3, 0.4) is 0 Å². The van der Waals surface area contributed by atoms with Gasteiger partial charge >= 0.3 is 0 Å². The van der Waals surface area contributed by atoms with Gasteiger partial charge in [-0.15, -0.1) is 0 Å². The zero-order valence-corrected chi connectivity index (χ0v) is 13.3. The van der Waals surface area contributed by atoms with Crippen LogP contribution in [-0.4, -0.2) is 11.9 Å². The van der Waals surface area contributed by atoms with Crippen molar-refractivity contribution in [2.45, 2.75) is 37.6 Å². The predicted molar refractivity (Wildman–Crippen MR) is 85.3 cm³/mol. The molecule has 1 fully saturated rings. The van der Waals surface area contributed by atoms with Crippen molar-refractivity contribution in [3.63, 3.8) is 0 Å². The van der Waals surface area contributed by atoms with E-state index in [0.29, 0.717) is 16.2 Å². The van der Waals surface area contributed by atoms with Gasteiger partial charge in [0.05, 0.1) is 11.8 Å². The van der Waals surface area contributed by atoms with Crippen LogP contribution in [0, 0.1) is 0 Å². The first-order valence-electron chi connectivity index (χ1n) is 7.33. The summed E-state index contributed by atoms with van der Waals surface area (Å²) in [4.78, 5) is 12.1. The molecular weight excluding hydrogens is 330 g/mol. The van der Waals surface area contributed by atoms with Gasteiger partial charge in [0.1, 0.15) is 0 Å². The Hall–Kier alpha value is -1.55. The number of hydrogen-bond donors (Lipinski definition) is 1. The molecule has 0 unspecified atom stereocenters. The number of benzene rings is 1. The summed E-state index contributed by atoms with van der Waals surface area (Å²) in [6, 6.07) is 12.6. The minimum Gasteiger partial charge on any atom is -0.457 e. The molecule has 1 aromatic heterocycles. The second kappa shape index (κ2) is 6.48. The highest BCUT2D eigenvalue weighted by molar-refractivity contribution is 9.10. The minimum atomic E-state index is -0.0567. The van der Waals surface area contributed by atoms with Crippen molar-refractivity contribution in [3.8, 4) is 0 Å². The van der Waals surface area contributed by atoms with Gasteiger partial charge in [-0.3, -0.25) is 4.79 Å². The third-order valence-electron chi connectivity index (χ3n) is 4.20. The van der Waals surface area contributed by atoms with E-state index in [4.69, 9.17) is 4.42 Å². The summed E-state index contributed by atoms with van der Waals surface area (Å²) in [5.74, 6) is 0.568. The van der Waals surface area contributed by atoms with Gasteiger partial charge in [-0.2, -0.15) is 0 Å². The Morgan fingerprint density at radius 2 is 1.81 bits per heavy atom. The van der Waals surface area contributed by atoms with Crippen LogP contribution in [0.4, 0.5) is 0 Å². The SMILES string of the molecule is O=C(NC1CCC(c2ccccc2)CC1)c1ccoc1Br. The van der Waals surface area contributed by atoms with Gasteiger partial charge in [0.15, 0.2) is 4.67 Å². The predicted octanol–water partition coefficient (Wildman–Crippen LogP) is 4.50. The number of rotatable bonds is 3. The summed E-state index contributed by atoms with van der Waals surface area (Å²) in [6.45, 7) is 0. The first-order chi connectivity index (χ1) is 10.2. The molecule has 110 valence electrons. The fourth-order valence-electron chi connectivity index (χ4n) is 3.02. The quantitative estimate of drug-likeness (QED) is 0.888. The molecule has 1 amide bonds. The number of halogens is 1. The van der Waals surface area contributed by atoms with Gasteiger partial charge in [-0.25, -0.2) is 0 Å². The van der Waals surface area contributed by atoms with Crippen molar-refractivity contribution in [1.82, 2.24) is 5.32 Å². The van der Waals surface area contributed by atoms with Gasteiger partial charge in [0.25, 0.3) is 5.91 Å². The van der Waals surface area contributed by atoms with Crippen LogP contribution < -0.4 is 5.32 Å². The number of carbonyl (C=O) groups is 1. The summed E-state index contributed by atoms with van der Waals surface area (Å²) >= 11 is 3.24. The van der Waals surface area contributed by atoms with Gasteiger partial charge in [-0.05, 0) is 59.2 Å². The summed E-state index contributed by atoms with van der Waals surface area (Å²) in [5.41, 5.74) is 1.99. The van der Waals surface area contributed by atoms with E-state index < -0.39 is 0 Å². The fourth-order valence-corrected chi connectivity index (χ4v) is 3.44. The highest BCUT2D eigenvalue weighted by atomic mass is 79.9. The maximum atomic E-state index is 12.1. The number of furan rings is 1. The molecule has 1 heterocycles. The van der Waals surface area contributed by atoms with Crippen LogP contribution in [0.5, 0.6) is 0 Å². The molecule has 2 aromatic rings. The van der Waals surface area contributed by atoms with Crippen LogP contribution in [0.2, 0.25) is 0 Å². The Morgan fingerprint density at radius 1 is 1.10 bits per heavy atom. The molecule has 0 saturated heterocycles. The number of nitrogens with one attached hydrogen (secondary N) is 1. The zero-order valence-electron chi connectivity index (χ0n) is 11.7. The molecule has 3 rings (SSSR count). The largest absolute Gasteiger partial charge is 0.457 e. The lowest BCUT2D eigenvalue weighted by Gasteiger charge is -2.29. The van der Waals surface area contributed by atoms with Crippen LogP contribution in [0.15, 0.2) is 51.7 Å². The molecule has 1 saturated carbocycles. The summed E-state index contributed by atoms with van der Waals surface area (Å²) < 4.78 is 5.60. The first-order valence-corrected chi connectivity index (χ1v) is 8.12. The molecule has 4 heteroatoms. The number of hydrogen-bond acceptors (Lipinski definition) is 2. The second-order valence-electron chi connectivity index (χ2n) is 5.54. The molecule has 0 radical (unpaired) electrons. The van der Waals surface area contributed by atoms with E-state index in [1.165, 1.54) is 11.8 Å². The van der Waals surface area contributed by atoms with Gasteiger partial charge < -0.3 is 9.73 Å². The van der Waals surface area contributed by atoms with E-state index in [0.717, 1.165) is 25.7 Å². The first kappa shape index (κ1) is 14.4. The zero-order chi connectivity index (χ0) is 14.7. The van der Waals surface area contributed by atoms with E-state index in [1.54, 1.807) is 6.07 Å². The molecule has 1 aliphatic rings. The third kappa shape index (κ3) is 3.38. The van der Waals surface area contributed by atoms with Crippen molar-refractivity contribution in [2.75, 3.05) is 0 Å². The maximum Gasteiger partial charge on any atom is 0.255 e. The van der Waals surface area contributed by atoms with Gasteiger partial charge in [0.2, 0.25) is 0 Å². The molecule has 0 spiro atoms. The monoisotopic (exact) mass is 347 g/mol. The van der Waals surface area contributed by atoms with Crippen molar-refractivity contribution < 1.29 is 9.21 Å². The third-order valence-corrected chi connectivity index (χ3v) is 4.81. The molecule has 1 N–H and O–H groups in total. The normalized spacial score (nSPS) is 22.0. The van der Waals surface area contributed by atoms with Crippen LogP contribution >= 0.6 is 15.9 Å². The summed E-state index contributed by atoms with van der Waals surface area (Å²) in [6.07, 6.45) is 5.83. The summed E-state index contributed by atoms with van der Waals surface area (Å²) in [7, 11) is 0. The average molecular weight is 348 g/mol. The van der Waals surface area contributed by atoms with E-state index in [1.807, 2.05) is 0 Å². The Labute approximate surface area is 132 Å². The maximum absolute atomic E-state index is 12.1. The Bertz CT molecular complexity index is 600. The lowest BCUT2D eigenvalue weighted by atomic mass is 9.82. The Kier molecular flexibility index (Phi) is 4.44. The van der Waals surface area contributed by atoms with E-state index in [9.17, 15) is 4.79 Å². The van der Waals surface area contributed by atoms with E-state index >= 15 is 0 Å². The molecule has 1 aromatic carbocycles. The van der Waals surface area contributed by atoms with Crippen LogP contribution in [0.1, 0.15) is 47.5 Å². The molecule has 3 nitrogen and oxygen atoms in total. The molecule has 21 heavy (non-hydrogen) atoms. The average Bonchev–Trinajstić information content (AvgIpc) is 2.95. The van der Waals surface area contributed by atoms with Crippen molar-refractivity contribution in [1.29, 1.82) is 0 Å². The second-order valence-corrected chi connectivity index (χ2v) is 6.26. The van der Waals surface area contributed by atoms with Crippen LogP contribution in [0.25, 0.3) is 0 Å². The van der Waals surface area contributed by atoms with Crippen molar-refractivity contribution >= 4 is 21.8 Å². The Morgan fingerprint density at radius 3 is 2.43 bits per heavy atom. The number of amides is 1. The summed E-state index contributed by atoms with van der Waals surface area (Å²) in [5, 5.41) is 3.11. The lowest BCUT2D eigenvalue weighted by molar-refractivity contribution is 0.0924. The van der Waals surface area contributed by atoms with Gasteiger partial charge in [-0.1, -0.05) is 30.3 Å². The molecule has 0 atom stereocenters. The topological polar surface area (TPSA) is 42.2 Å². The highest BCUT2D eigenvalue weighted by Crippen LogP contribution is 2.32. The molecule has 1 aliphatic carbocycles. The molecule has 0 bridgehead atoms. The van der Waals surface area contributed by atoms with E-state index in [-0.39, 0.29) is 11.9 Å². The number of carbonyl (C=O) groups excluding carboxylic acids is 1. The van der Waals surface area contributed by atoms with Gasteiger partial charge in [0, 0.05) is 6.04 Å². The Balaban J connectivity index is 1.55. The molecular formula is C17H18BrNO2. The molecule has 0 aliphatic heterocycles. The van der Waals surface area contributed by atoms with Crippen LogP contribution in [-0.2, 0) is 0 Å². The highest BCUT2D eigenvalue weighted by Gasteiger charge is 2.24. The van der Waals surface area contributed by atoms with E-state index in [2.05, 4.69) is 51.6 Å². The smallest absolute Gasteiger partial charge is 0.255 e. The van der Waals surface area contributed by atoms with Crippen molar-refractivity contribution in [2.24, 2.45) is 0 Å². The minimum absolute atomic E-state index is 0.0567. The standard InChI is InChI=1S/C17H18BrNO2/c18-16-15(10-11-21-16)17(20)19-14-8-6-13(7-9-14)12-4-2-1-3-5-12/h1-5,10-11,13-14H,6-9H2,(H,19,20).